The molecule has 0 heterocycles. The van der Waals surface area contributed by atoms with Crippen molar-refractivity contribution in [3.8, 4) is 17.2 Å². The minimum absolute atomic E-state index is 0.0338. The van der Waals surface area contributed by atoms with Crippen LogP contribution in [0.2, 0.25) is 0 Å². The van der Waals surface area contributed by atoms with Crippen molar-refractivity contribution in [3.63, 3.8) is 0 Å². The fourth-order valence-electron chi connectivity index (χ4n) is 4.37. The molecule has 0 saturated heterocycles. The van der Waals surface area contributed by atoms with Gasteiger partial charge in [0.1, 0.15) is 12.1 Å². The Balaban J connectivity index is 2.25. The van der Waals surface area contributed by atoms with Crippen molar-refractivity contribution in [3.05, 3.63) is 53.6 Å². The molecule has 5 N–H and O–H groups in total. The number of carbonyl (C=O) groups is 3. The van der Waals surface area contributed by atoms with Crippen molar-refractivity contribution in [2.45, 2.75) is 64.5 Å². The Labute approximate surface area is 242 Å². The van der Waals surface area contributed by atoms with E-state index in [1.54, 1.807) is 12.1 Å². The largest absolute Gasteiger partial charge is 0.493 e. The van der Waals surface area contributed by atoms with Gasteiger partial charge in [-0.3, -0.25) is 14.4 Å². The van der Waals surface area contributed by atoms with Crippen molar-refractivity contribution >= 4 is 24.8 Å². The zero-order chi connectivity index (χ0) is 30.5. The second kappa shape index (κ2) is 16.5. The van der Waals surface area contributed by atoms with E-state index < -0.39 is 37.0 Å². The summed E-state index contributed by atoms with van der Waals surface area (Å²) in [5.74, 6) is -1.20. The molecule has 0 aliphatic heterocycles. The van der Waals surface area contributed by atoms with Crippen LogP contribution in [0.4, 0.5) is 0 Å². The number of amides is 3. The highest BCUT2D eigenvalue weighted by atomic mass is 16.5. The standard InChI is InChI=1S/C29H42BN3O8/c1-18(2)16-24(30(37)38)33-28(35)19(3)31-29(36)22(32-25(34)15-12-20-10-8-7-9-11-20)17-21-13-14-23(39-4)27(41-6)26(21)40-5/h7-11,13-14,18-19,22,24,37-38H,12,15-17H2,1-6H3,(H,31,36)(H,32,34)(H,33,35)/t19-,22-,24-/m0/s1. The van der Waals surface area contributed by atoms with Crippen LogP contribution in [-0.2, 0) is 27.2 Å². The number of hydrogen-bond acceptors (Lipinski definition) is 8. The van der Waals surface area contributed by atoms with Crippen LogP contribution in [0.3, 0.4) is 0 Å². The normalized spacial score (nSPS) is 13.0. The maximum absolute atomic E-state index is 13.4. The van der Waals surface area contributed by atoms with Crippen LogP contribution < -0.4 is 30.2 Å². The fourth-order valence-corrected chi connectivity index (χ4v) is 4.37. The number of ether oxygens (including phenoxy) is 3. The molecule has 224 valence electrons. The zero-order valence-corrected chi connectivity index (χ0v) is 24.6. The Hall–Kier alpha value is -3.77. The number of benzene rings is 2. The molecule has 12 heteroatoms. The molecule has 2 aromatic carbocycles. The van der Waals surface area contributed by atoms with Gasteiger partial charge >= 0.3 is 7.12 Å². The van der Waals surface area contributed by atoms with Gasteiger partial charge in [-0.15, -0.1) is 0 Å². The average molecular weight is 571 g/mol. The number of hydrogen-bond donors (Lipinski definition) is 5. The fraction of sp³-hybridized carbons (Fsp3) is 0.483. The summed E-state index contributed by atoms with van der Waals surface area (Å²) in [7, 11) is 2.67. The van der Waals surface area contributed by atoms with Crippen molar-refractivity contribution in [1.82, 2.24) is 16.0 Å². The minimum atomic E-state index is -1.75. The van der Waals surface area contributed by atoms with Crippen molar-refractivity contribution in [2.75, 3.05) is 21.3 Å². The van der Waals surface area contributed by atoms with E-state index in [1.165, 1.54) is 28.3 Å². The summed E-state index contributed by atoms with van der Waals surface area (Å²) in [6.07, 6.45) is 1.01. The van der Waals surface area contributed by atoms with Gasteiger partial charge < -0.3 is 40.2 Å². The third-order valence-corrected chi connectivity index (χ3v) is 6.51. The molecule has 3 atom stereocenters. The van der Waals surface area contributed by atoms with Gasteiger partial charge in [-0.2, -0.15) is 0 Å². The molecule has 0 bridgehead atoms. The topological polar surface area (TPSA) is 155 Å². The highest BCUT2D eigenvalue weighted by Crippen LogP contribution is 2.40. The number of aryl methyl sites for hydroxylation is 1. The van der Waals surface area contributed by atoms with Crippen molar-refractivity contribution < 1.29 is 38.6 Å². The van der Waals surface area contributed by atoms with Crippen LogP contribution >= 0.6 is 0 Å². The maximum Gasteiger partial charge on any atom is 0.475 e. The Morgan fingerprint density at radius 3 is 2.05 bits per heavy atom. The van der Waals surface area contributed by atoms with Crippen LogP contribution in [-0.4, -0.2) is 74.2 Å². The third-order valence-electron chi connectivity index (χ3n) is 6.51. The Morgan fingerprint density at radius 2 is 1.49 bits per heavy atom. The molecule has 0 saturated carbocycles. The molecule has 3 amide bonds. The molecule has 0 aliphatic carbocycles. The van der Waals surface area contributed by atoms with Gasteiger partial charge in [0.25, 0.3) is 0 Å². The lowest BCUT2D eigenvalue weighted by atomic mass is 9.75. The highest BCUT2D eigenvalue weighted by molar-refractivity contribution is 6.43. The van der Waals surface area contributed by atoms with E-state index >= 15 is 0 Å². The SMILES string of the molecule is COc1ccc(C[C@H](NC(=O)CCc2ccccc2)C(=O)N[C@@H](C)C(=O)N[C@@H](CC(C)C)B(O)O)c(OC)c1OC. The lowest BCUT2D eigenvalue weighted by Gasteiger charge is -2.25. The second-order valence-electron chi connectivity index (χ2n) is 10.2. The highest BCUT2D eigenvalue weighted by Gasteiger charge is 2.30. The first-order valence-electron chi connectivity index (χ1n) is 13.6. The number of methoxy groups -OCH3 is 3. The molecule has 0 aliphatic rings. The Morgan fingerprint density at radius 1 is 0.829 bits per heavy atom. The molecule has 41 heavy (non-hydrogen) atoms. The number of carbonyl (C=O) groups excluding carboxylic acids is 3. The van der Waals surface area contributed by atoms with Crippen LogP contribution in [0, 0.1) is 5.92 Å². The summed E-state index contributed by atoms with van der Waals surface area (Å²) in [6, 6.07) is 10.8. The van der Waals surface area contributed by atoms with Gasteiger partial charge in [0.05, 0.1) is 27.3 Å². The van der Waals surface area contributed by atoms with Crippen LogP contribution in [0.25, 0.3) is 0 Å². The average Bonchev–Trinajstić information content (AvgIpc) is 2.94. The van der Waals surface area contributed by atoms with E-state index in [9.17, 15) is 24.4 Å². The molecule has 0 unspecified atom stereocenters. The van der Waals surface area contributed by atoms with Gasteiger partial charge in [0.2, 0.25) is 23.5 Å². The molecule has 2 rings (SSSR count). The van der Waals surface area contributed by atoms with Crippen LogP contribution in [0.1, 0.15) is 44.7 Å². The Kier molecular flexibility index (Phi) is 13.4. The molecule has 0 aromatic heterocycles. The summed E-state index contributed by atoms with van der Waals surface area (Å²) in [6.45, 7) is 5.26. The zero-order valence-electron chi connectivity index (χ0n) is 24.6. The molecule has 0 spiro atoms. The summed E-state index contributed by atoms with van der Waals surface area (Å²) < 4.78 is 16.4. The monoisotopic (exact) mass is 571 g/mol. The first-order chi connectivity index (χ1) is 19.5. The van der Waals surface area contributed by atoms with E-state index in [1.807, 2.05) is 44.2 Å². The van der Waals surface area contributed by atoms with E-state index in [2.05, 4.69) is 16.0 Å². The van der Waals surface area contributed by atoms with Crippen molar-refractivity contribution in [1.29, 1.82) is 0 Å². The smallest absolute Gasteiger partial charge is 0.475 e. The maximum atomic E-state index is 13.4. The van der Waals surface area contributed by atoms with Crippen LogP contribution in [0.5, 0.6) is 17.2 Å². The predicted octanol–water partition coefficient (Wildman–Crippen LogP) is 1.42. The van der Waals surface area contributed by atoms with E-state index in [0.29, 0.717) is 35.7 Å². The van der Waals surface area contributed by atoms with Crippen molar-refractivity contribution in [2.24, 2.45) is 5.92 Å². The van der Waals surface area contributed by atoms with Gasteiger partial charge in [-0.05, 0) is 37.3 Å². The molecule has 0 radical (unpaired) electrons. The van der Waals surface area contributed by atoms with E-state index in [-0.39, 0.29) is 24.7 Å². The quantitative estimate of drug-likeness (QED) is 0.190. The van der Waals surface area contributed by atoms with E-state index in [0.717, 1.165) is 5.56 Å². The van der Waals surface area contributed by atoms with Gasteiger partial charge in [-0.1, -0.05) is 50.2 Å². The summed E-state index contributed by atoms with van der Waals surface area (Å²) >= 11 is 0. The third kappa shape index (κ3) is 10.3. The van der Waals surface area contributed by atoms with Crippen LogP contribution in [0.15, 0.2) is 42.5 Å². The second-order valence-corrected chi connectivity index (χ2v) is 10.2. The van der Waals surface area contributed by atoms with Gasteiger partial charge in [-0.25, -0.2) is 0 Å². The summed E-state index contributed by atoms with van der Waals surface area (Å²) in [4.78, 5) is 39.2. The predicted molar refractivity (Wildman–Crippen MR) is 156 cm³/mol. The molecular weight excluding hydrogens is 529 g/mol. The lowest BCUT2D eigenvalue weighted by Crippen LogP contribution is -2.56. The first kappa shape index (κ1) is 33.4. The summed E-state index contributed by atoms with van der Waals surface area (Å²) in [5, 5.41) is 27.3. The van der Waals surface area contributed by atoms with E-state index in [4.69, 9.17) is 14.2 Å². The molecular formula is C29H42BN3O8. The molecule has 11 nitrogen and oxygen atoms in total. The molecule has 0 fully saturated rings. The minimum Gasteiger partial charge on any atom is -0.493 e. The van der Waals surface area contributed by atoms with Gasteiger partial charge in [0, 0.05) is 18.4 Å². The summed E-state index contributed by atoms with van der Waals surface area (Å²) in [5.41, 5.74) is 1.56. The Bertz CT molecular complexity index is 1150. The number of nitrogens with one attached hydrogen (secondary N) is 3. The lowest BCUT2D eigenvalue weighted by molar-refractivity contribution is -0.132. The van der Waals surface area contributed by atoms with Gasteiger partial charge in [0.15, 0.2) is 11.5 Å². The number of rotatable bonds is 16. The molecule has 2 aromatic rings. The first-order valence-corrected chi connectivity index (χ1v) is 13.6.